The van der Waals surface area contributed by atoms with Crippen LogP contribution in [0.15, 0.2) is 47.8 Å². The van der Waals surface area contributed by atoms with Gasteiger partial charge in [-0.1, -0.05) is 19.9 Å². The van der Waals surface area contributed by atoms with Gasteiger partial charge in [0.2, 0.25) is 0 Å². The molecule has 0 aliphatic carbocycles. The molecule has 0 bridgehead atoms. The van der Waals surface area contributed by atoms with Crippen molar-refractivity contribution in [3.05, 3.63) is 64.1 Å². The zero-order chi connectivity index (χ0) is 21.2. The van der Waals surface area contributed by atoms with Crippen molar-refractivity contribution < 1.29 is 14.3 Å². The number of rotatable bonds is 5. The molecule has 2 aromatic heterocycles. The average molecular weight is 412 g/mol. The first-order chi connectivity index (χ1) is 13.6. The van der Waals surface area contributed by atoms with E-state index in [1.807, 2.05) is 36.9 Å². The van der Waals surface area contributed by atoms with Crippen LogP contribution in [-0.2, 0) is 5.54 Å². The fourth-order valence-corrected chi connectivity index (χ4v) is 3.43. The first-order valence-corrected chi connectivity index (χ1v) is 10.3. The Bertz CT molecular complexity index is 997. The zero-order valence-corrected chi connectivity index (χ0v) is 18.0. The lowest BCUT2D eigenvalue weighted by atomic mass is 10.1. The maximum Gasteiger partial charge on any atom is 0.364 e. The van der Waals surface area contributed by atoms with Crippen LogP contribution >= 0.6 is 11.3 Å². The summed E-state index contributed by atoms with van der Waals surface area (Å²) < 4.78 is 7.34. The quantitative estimate of drug-likeness (QED) is 0.457. The standard InChI is InChI=1S/C22H25N3O3S/c1-14(2)18-13-17(24-25(18)22(3,4)5)21(27)28-16-10-8-15(9-11-16)23-20(26)19-7-6-12-29-19/h6-14H,1-5H3,(H,23,26). The molecule has 3 rings (SSSR count). The Hall–Kier alpha value is -2.93. The Morgan fingerprint density at radius 1 is 1.14 bits per heavy atom. The third-order valence-electron chi connectivity index (χ3n) is 4.24. The van der Waals surface area contributed by atoms with Crippen molar-refractivity contribution in [3.8, 4) is 5.75 Å². The van der Waals surface area contributed by atoms with Gasteiger partial charge < -0.3 is 10.1 Å². The summed E-state index contributed by atoms with van der Waals surface area (Å²) in [6.07, 6.45) is 0. The number of hydrogen-bond acceptors (Lipinski definition) is 5. The molecule has 0 fully saturated rings. The van der Waals surface area contributed by atoms with Crippen molar-refractivity contribution >= 4 is 28.9 Å². The van der Waals surface area contributed by atoms with Crippen molar-refractivity contribution in [3.63, 3.8) is 0 Å². The second kappa shape index (κ2) is 8.21. The molecular weight excluding hydrogens is 386 g/mol. The molecule has 6 nitrogen and oxygen atoms in total. The molecule has 0 saturated heterocycles. The number of nitrogens with zero attached hydrogens (tertiary/aromatic N) is 2. The lowest BCUT2D eigenvalue weighted by molar-refractivity contribution is 0.0726. The van der Waals surface area contributed by atoms with Crippen molar-refractivity contribution in [1.82, 2.24) is 9.78 Å². The van der Waals surface area contributed by atoms with E-state index in [2.05, 4.69) is 24.3 Å². The molecular formula is C22H25N3O3S. The van der Waals surface area contributed by atoms with Gasteiger partial charge >= 0.3 is 5.97 Å². The molecule has 0 spiro atoms. The molecule has 0 saturated carbocycles. The third-order valence-corrected chi connectivity index (χ3v) is 5.11. The molecule has 0 aliphatic heterocycles. The number of aromatic nitrogens is 2. The molecule has 0 atom stereocenters. The highest BCUT2D eigenvalue weighted by atomic mass is 32.1. The number of anilines is 1. The molecule has 0 unspecified atom stereocenters. The highest BCUT2D eigenvalue weighted by Gasteiger charge is 2.24. The van der Waals surface area contributed by atoms with Crippen LogP contribution in [0, 0.1) is 0 Å². The second-order valence-corrected chi connectivity index (χ2v) is 8.98. The van der Waals surface area contributed by atoms with Crippen LogP contribution in [-0.4, -0.2) is 21.7 Å². The first-order valence-electron chi connectivity index (χ1n) is 9.42. The summed E-state index contributed by atoms with van der Waals surface area (Å²) >= 11 is 1.38. The first kappa shape index (κ1) is 20.8. The molecule has 1 amide bonds. The van der Waals surface area contributed by atoms with Crippen molar-refractivity contribution in [2.45, 2.75) is 46.1 Å². The number of ether oxygens (including phenoxy) is 1. The Kier molecular flexibility index (Phi) is 5.88. The van der Waals surface area contributed by atoms with Gasteiger partial charge in [-0.15, -0.1) is 11.3 Å². The normalized spacial score (nSPS) is 11.5. The molecule has 1 N–H and O–H groups in total. The SMILES string of the molecule is CC(C)c1cc(C(=O)Oc2ccc(NC(=O)c3cccs3)cc2)nn1C(C)(C)C. The van der Waals surface area contributed by atoms with Gasteiger partial charge in [0.1, 0.15) is 5.75 Å². The number of esters is 1. The van der Waals surface area contributed by atoms with Crippen molar-refractivity contribution in [2.24, 2.45) is 0 Å². The molecule has 0 aliphatic rings. The predicted octanol–water partition coefficient (Wildman–Crippen LogP) is 5.29. The van der Waals surface area contributed by atoms with Gasteiger partial charge in [-0.3, -0.25) is 9.48 Å². The van der Waals surface area contributed by atoms with E-state index in [9.17, 15) is 9.59 Å². The summed E-state index contributed by atoms with van der Waals surface area (Å²) in [5, 5.41) is 9.13. The third kappa shape index (κ3) is 4.92. The van der Waals surface area contributed by atoms with Crippen molar-refractivity contribution in [1.29, 1.82) is 0 Å². The Balaban J connectivity index is 1.70. The van der Waals surface area contributed by atoms with E-state index < -0.39 is 5.97 Å². The summed E-state index contributed by atoms with van der Waals surface area (Å²) in [5.41, 5.74) is 1.65. The summed E-state index contributed by atoms with van der Waals surface area (Å²) in [6.45, 7) is 10.3. The molecule has 2 heterocycles. The number of nitrogens with one attached hydrogen (secondary N) is 1. The van der Waals surface area contributed by atoms with Crippen LogP contribution in [0.5, 0.6) is 5.75 Å². The number of benzene rings is 1. The van der Waals surface area contributed by atoms with Crippen LogP contribution < -0.4 is 10.1 Å². The maximum absolute atomic E-state index is 12.6. The molecule has 29 heavy (non-hydrogen) atoms. The number of carbonyl (C=O) groups excluding carboxylic acids is 2. The van der Waals surface area contributed by atoms with Gasteiger partial charge in [0.15, 0.2) is 5.69 Å². The van der Waals surface area contributed by atoms with E-state index in [1.165, 1.54) is 11.3 Å². The lowest BCUT2D eigenvalue weighted by Gasteiger charge is -2.23. The summed E-state index contributed by atoms with van der Waals surface area (Å²) in [7, 11) is 0. The summed E-state index contributed by atoms with van der Waals surface area (Å²) in [6, 6.07) is 12.1. The van der Waals surface area contributed by atoms with Crippen LogP contribution in [0.25, 0.3) is 0 Å². The van der Waals surface area contributed by atoms with E-state index in [-0.39, 0.29) is 23.1 Å². The van der Waals surface area contributed by atoms with E-state index in [1.54, 1.807) is 36.4 Å². The fourth-order valence-electron chi connectivity index (χ4n) is 2.81. The van der Waals surface area contributed by atoms with Gasteiger partial charge in [-0.25, -0.2) is 4.79 Å². The minimum atomic E-state index is -0.509. The minimum absolute atomic E-state index is 0.168. The van der Waals surface area contributed by atoms with Gasteiger partial charge in [0.05, 0.1) is 10.4 Å². The number of thiophene rings is 1. The van der Waals surface area contributed by atoms with Crippen LogP contribution in [0.3, 0.4) is 0 Å². The van der Waals surface area contributed by atoms with Gasteiger partial charge in [0.25, 0.3) is 5.91 Å². The molecule has 1 aromatic carbocycles. The van der Waals surface area contributed by atoms with E-state index in [4.69, 9.17) is 4.74 Å². The maximum atomic E-state index is 12.6. The Morgan fingerprint density at radius 3 is 2.34 bits per heavy atom. The summed E-state index contributed by atoms with van der Waals surface area (Å²) in [4.78, 5) is 25.3. The van der Waals surface area contributed by atoms with E-state index >= 15 is 0 Å². The molecule has 7 heteroatoms. The second-order valence-electron chi connectivity index (χ2n) is 8.04. The van der Waals surface area contributed by atoms with E-state index in [0.29, 0.717) is 16.3 Å². The fraction of sp³-hybridized carbons (Fsp3) is 0.318. The molecule has 0 radical (unpaired) electrons. The summed E-state index contributed by atoms with van der Waals surface area (Å²) in [5.74, 6) is -0.0565. The lowest BCUT2D eigenvalue weighted by Crippen LogP contribution is -2.26. The number of carbonyl (C=O) groups is 2. The monoisotopic (exact) mass is 411 g/mol. The zero-order valence-electron chi connectivity index (χ0n) is 17.2. The number of amides is 1. The Labute approximate surface area is 174 Å². The van der Waals surface area contributed by atoms with E-state index in [0.717, 1.165) is 5.69 Å². The van der Waals surface area contributed by atoms with Gasteiger partial charge in [-0.2, -0.15) is 5.10 Å². The predicted molar refractivity (Wildman–Crippen MR) is 115 cm³/mol. The number of hydrogen-bond donors (Lipinski definition) is 1. The largest absolute Gasteiger partial charge is 0.422 e. The molecule has 3 aromatic rings. The minimum Gasteiger partial charge on any atom is -0.422 e. The van der Waals surface area contributed by atoms with Crippen LogP contribution in [0.2, 0.25) is 0 Å². The van der Waals surface area contributed by atoms with Gasteiger partial charge in [-0.05, 0) is 68.5 Å². The van der Waals surface area contributed by atoms with Crippen LogP contribution in [0.4, 0.5) is 5.69 Å². The smallest absolute Gasteiger partial charge is 0.364 e. The molecule has 152 valence electrons. The van der Waals surface area contributed by atoms with Gasteiger partial charge in [0, 0.05) is 11.4 Å². The highest BCUT2D eigenvalue weighted by Crippen LogP contribution is 2.24. The van der Waals surface area contributed by atoms with Crippen LogP contribution in [0.1, 0.15) is 66.4 Å². The highest BCUT2D eigenvalue weighted by molar-refractivity contribution is 7.12. The average Bonchev–Trinajstić information content (AvgIpc) is 3.33. The Morgan fingerprint density at radius 2 is 1.83 bits per heavy atom. The van der Waals surface area contributed by atoms with Crippen molar-refractivity contribution in [2.75, 3.05) is 5.32 Å². The topological polar surface area (TPSA) is 73.2 Å².